The van der Waals surface area contributed by atoms with Crippen molar-refractivity contribution in [1.29, 1.82) is 5.26 Å². The topological polar surface area (TPSA) is 52.9 Å². The lowest BCUT2D eigenvalue weighted by atomic mass is 9.89. The van der Waals surface area contributed by atoms with Crippen LogP contribution in [0.5, 0.6) is 0 Å². The van der Waals surface area contributed by atoms with Crippen molar-refractivity contribution < 1.29 is 4.79 Å². The number of rotatable bonds is 4. The SMILES string of the molecule is CCC(C(=O)NC1(C#N)CCCCCC1)c1ccccc1. The van der Waals surface area contributed by atoms with Crippen LogP contribution in [0.4, 0.5) is 0 Å². The molecule has 21 heavy (non-hydrogen) atoms. The van der Waals surface area contributed by atoms with Crippen LogP contribution in [-0.2, 0) is 4.79 Å². The summed E-state index contributed by atoms with van der Waals surface area (Å²) in [5, 5.41) is 12.6. The molecule has 1 aromatic rings. The first-order valence-electron chi connectivity index (χ1n) is 7.99. The van der Waals surface area contributed by atoms with Gasteiger partial charge in [-0.25, -0.2) is 0 Å². The number of nitriles is 1. The summed E-state index contributed by atoms with van der Waals surface area (Å²) in [5.41, 5.74) is 0.370. The van der Waals surface area contributed by atoms with Crippen LogP contribution in [0.2, 0.25) is 0 Å². The van der Waals surface area contributed by atoms with Gasteiger partial charge in [-0.05, 0) is 24.8 Å². The Kier molecular flexibility index (Phi) is 5.38. The summed E-state index contributed by atoms with van der Waals surface area (Å²) >= 11 is 0. The molecule has 1 aliphatic carbocycles. The monoisotopic (exact) mass is 284 g/mol. The first-order valence-corrected chi connectivity index (χ1v) is 7.99. The van der Waals surface area contributed by atoms with Crippen LogP contribution in [0.15, 0.2) is 30.3 Å². The average Bonchev–Trinajstić information content (AvgIpc) is 2.75. The first kappa shape index (κ1) is 15.6. The molecule has 0 bridgehead atoms. The largest absolute Gasteiger partial charge is 0.337 e. The van der Waals surface area contributed by atoms with E-state index in [1.54, 1.807) is 0 Å². The molecule has 1 saturated carbocycles. The van der Waals surface area contributed by atoms with E-state index in [1.165, 1.54) is 0 Å². The van der Waals surface area contributed by atoms with Gasteiger partial charge in [0.1, 0.15) is 5.54 Å². The molecule has 0 aliphatic heterocycles. The maximum atomic E-state index is 12.7. The summed E-state index contributed by atoms with van der Waals surface area (Å²) in [6, 6.07) is 12.2. The van der Waals surface area contributed by atoms with Gasteiger partial charge in [-0.15, -0.1) is 0 Å². The second-order valence-corrected chi connectivity index (χ2v) is 5.97. The van der Waals surface area contributed by atoms with Crippen molar-refractivity contribution in [1.82, 2.24) is 5.32 Å². The highest BCUT2D eigenvalue weighted by Crippen LogP contribution is 2.28. The molecule has 0 aromatic heterocycles. The van der Waals surface area contributed by atoms with Crippen LogP contribution in [0.25, 0.3) is 0 Å². The van der Waals surface area contributed by atoms with E-state index in [0.717, 1.165) is 50.5 Å². The molecule has 1 N–H and O–H groups in total. The van der Waals surface area contributed by atoms with E-state index in [9.17, 15) is 10.1 Å². The molecule has 0 radical (unpaired) electrons. The molecule has 1 atom stereocenters. The van der Waals surface area contributed by atoms with Crippen molar-refractivity contribution >= 4 is 5.91 Å². The van der Waals surface area contributed by atoms with Crippen molar-refractivity contribution in [3.63, 3.8) is 0 Å². The number of hydrogen-bond acceptors (Lipinski definition) is 2. The predicted molar refractivity (Wildman–Crippen MR) is 83.7 cm³/mol. The quantitative estimate of drug-likeness (QED) is 0.852. The molecule has 112 valence electrons. The van der Waals surface area contributed by atoms with Crippen LogP contribution in [0, 0.1) is 11.3 Å². The molecular formula is C18H24N2O. The Morgan fingerprint density at radius 3 is 2.38 bits per heavy atom. The number of carbonyl (C=O) groups is 1. The van der Waals surface area contributed by atoms with Crippen LogP contribution >= 0.6 is 0 Å². The summed E-state index contributed by atoms with van der Waals surface area (Å²) < 4.78 is 0. The van der Waals surface area contributed by atoms with Crippen LogP contribution < -0.4 is 5.32 Å². The summed E-state index contributed by atoms with van der Waals surface area (Å²) in [4.78, 5) is 12.7. The highest BCUT2D eigenvalue weighted by Gasteiger charge is 2.34. The fraction of sp³-hybridized carbons (Fsp3) is 0.556. The summed E-state index contributed by atoms with van der Waals surface area (Å²) in [6.07, 6.45) is 6.68. The number of hydrogen-bond donors (Lipinski definition) is 1. The molecule has 1 aromatic carbocycles. The van der Waals surface area contributed by atoms with E-state index >= 15 is 0 Å². The predicted octanol–water partition coefficient (Wildman–Crippen LogP) is 3.91. The fourth-order valence-electron chi connectivity index (χ4n) is 3.18. The summed E-state index contributed by atoms with van der Waals surface area (Å²) in [5.74, 6) is -0.174. The second kappa shape index (κ2) is 7.26. The van der Waals surface area contributed by atoms with Gasteiger partial charge >= 0.3 is 0 Å². The Bertz CT molecular complexity index is 496. The molecule has 1 amide bonds. The molecule has 3 nitrogen and oxygen atoms in total. The van der Waals surface area contributed by atoms with Gasteiger partial charge in [0.2, 0.25) is 5.91 Å². The number of carbonyl (C=O) groups excluding carboxylic acids is 1. The van der Waals surface area contributed by atoms with Crippen molar-refractivity contribution in [2.24, 2.45) is 0 Å². The van der Waals surface area contributed by atoms with Gasteiger partial charge in [0.25, 0.3) is 0 Å². The van der Waals surface area contributed by atoms with E-state index in [4.69, 9.17) is 0 Å². The number of benzene rings is 1. The third-order valence-electron chi connectivity index (χ3n) is 4.46. The Labute approximate surface area is 127 Å². The molecule has 1 aliphatic rings. The maximum absolute atomic E-state index is 12.7. The molecule has 0 heterocycles. The van der Waals surface area contributed by atoms with Gasteiger partial charge in [-0.2, -0.15) is 5.26 Å². The van der Waals surface area contributed by atoms with Crippen LogP contribution in [0.3, 0.4) is 0 Å². The first-order chi connectivity index (χ1) is 10.2. The highest BCUT2D eigenvalue weighted by molar-refractivity contribution is 5.84. The smallest absolute Gasteiger partial charge is 0.228 e. The Hall–Kier alpha value is -1.82. The minimum Gasteiger partial charge on any atom is -0.337 e. The molecule has 0 saturated heterocycles. The highest BCUT2D eigenvalue weighted by atomic mass is 16.2. The molecule has 3 heteroatoms. The van der Waals surface area contributed by atoms with Crippen molar-refractivity contribution in [2.45, 2.75) is 63.3 Å². The Morgan fingerprint density at radius 1 is 1.24 bits per heavy atom. The minimum absolute atomic E-state index is 0.00727. The zero-order valence-electron chi connectivity index (χ0n) is 12.8. The molecule has 1 unspecified atom stereocenters. The van der Waals surface area contributed by atoms with Crippen LogP contribution in [0.1, 0.15) is 63.4 Å². The lowest BCUT2D eigenvalue weighted by Gasteiger charge is -2.28. The van der Waals surface area contributed by atoms with Gasteiger partial charge in [0.15, 0.2) is 0 Å². The van der Waals surface area contributed by atoms with Gasteiger partial charge in [0, 0.05) is 0 Å². The second-order valence-electron chi connectivity index (χ2n) is 5.97. The molecule has 2 rings (SSSR count). The minimum atomic E-state index is -0.657. The fourth-order valence-corrected chi connectivity index (χ4v) is 3.18. The van der Waals surface area contributed by atoms with Gasteiger partial charge in [0.05, 0.1) is 12.0 Å². The zero-order valence-corrected chi connectivity index (χ0v) is 12.8. The summed E-state index contributed by atoms with van der Waals surface area (Å²) in [7, 11) is 0. The van der Waals surface area contributed by atoms with Crippen molar-refractivity contribution in [3.8, 4) is 6.07 Å². The lowest BCUT2D eigenvalue weighted by Crippen LogP contribution is -2.48. The van der Waals surface area contributed by atoms with E-state index in [-0.39, 0.29) is 11.8 Å². The van der Waals surface area contributed by atoms with Crippen LogP contribution in [-0.4, -0.2) is 11.4 Å². The van der Waals surface area contributed by atoms with Gasteiger partial charge in [-0.3, -0.25) is 4.79 Å². The lowest BCUT2D eigenvalue weighted by molar-refractivity contribution is -0.124. The van der Waals surface area contributed by atoms with E-state index in [2.05, 4.69) is 11.4 Å². The normalized spacial score (nSPS) is 19.0. The number of amides is 1. The molecular weight excluding hydrogens is 260 g/mol. The van der Waals surface area contributed by atoms with Crippen molar-refractivity contribution in [2.75, 3.05) is 0 Å². The Morgan fingerprint density at radius 2 is 1.86 bits per heavy atom. The van der Waals surface area contributed by atoms with E-state index < -0.39 is 5.54 Å². The third-order valence-corrected chi connectivity index (χ3v) is 4.46. The average molecular weight is 284 g/mol. The van der Waals surface area contributed by atoms with Gasteiger partial charge < -0.3 is 5.32 Å². The standard InChI is InChI=1S/C18H24N2O/c1-2-16(15-10-6-5-7-11-15)17(21)20-18(14-19)12-8-3-4-9-13-18/h5-7,10-11,16H,2-4,8-9,12-13H2,1H3,(H,20,21). The Balaban J connectivity index is 2.13. The number of nitrogens with zero attached hydrogens (tertiary/aromatic N) is 1. The van der Waals surface area contributed by atoms with Gasteiger partial charge in [-0.1, -0.05) is 62.9 Å². The van der Waals surface area contributed by atoms with E-state index in [0.29, 0.717) is 0 Å². The third kappa shape index (κ3) is 3.85. The maximum Gasteiger partial charge on any atom is 0.228 e. The van der Waals surface area contributed by atoms with Crippen molar-refractivity contribution in [3.05, 3.63) is 35.9 Å². The summed E-state index contributed by atoms with van der Waals surface area (Å²) in [6.45, 7) is 2.02. The molecule has 1 fully saturated rings. The zero-order chi connectivity index (χ0) is 15.1. The van der Waals surface area contributed by atoms with E-state index in [1.807, 2.05) is 37.3 Å². The molecule has 0 spiro atoms. The number of nitrogens with one attached hydrogen (secondary N) is 1.